The fraction of sp³-hybridized carbons (Fsp3) is 1.00. The lowest BCUT2D eigenvalue weighted by Gasteiger charge is -2.04. The minimum absolute atomic E-state index is 0.809. The second-order valence-electron chi connectivity index (χ2n) is 3.55. The van der Waals surface area contributed by atoms with Gasteiger partial charge in [-0.05, 0) is 25.3 Å². The highest BCUT2D eigenvalue weighted by molar-refractivity contribution is 4.88. The van der Waals surface area contributed by atoms with Crippen LogP contribution in [0.2, 0.25) is 0 Å². The molecule has 2 atom stereocenters. The molecule has 1 fully saturated rings. The molecule has 0 bridgehead atoms. The highest BCUT2D eigenvalue weighted by Crippen LogP contribution is 2.28. The van der Waals surface area contributed by atoms with Crippen molar-refractivity contribution in [1.29, 1.82) is 0 Å². The molecule has 2 N–H and O–H groups in total. The van der Waals surface area contributed by atoms with Gasteiger partial charge in [-0.3, -0.25) is 0 Å². The smallest absolute Gasteiger partial charge is 0.0456 e. The van der Waals surface area contributed by atoms with E-state index in [0.717, 1.165) is 25.2 Å². The zero-order chi connectivity index (χ0) is 8.10. The van der Waals surface area contributed by atoms with Crippen LogP contribution < -0.4 is 10.6 Å². The summed E-state index contributed by atoms with van der Waals surface area (Å²) in [6, 6.07) is 0.809. The SMILES string of the molecule is CCCCNCNC1CC1C. The first-order chi connectivity index (χ1) is 5.34. The zero-order valence-corrected chi connectivity index (χ0v) is 7.69. The predicted molar refractivity (Wildman–Crippen MR) is 48.5 cm³/mol. The van der Waals surface area contributed by atoms with E-state index in [-0.39, 0.29) is 0 Å². The van der Waals surface area contributed by atoms with E-state index in [1.165, 1.54) is 19.3 Å². The molecule has 2 unspecified atom stereocenters. The molecule has 0 radical (unpaired) electrons. The van der Waals surface area contributed by atoms with E-state index in [1.54, 1.807) is 0 Å². The minimum Gasteiger partial charge on any atom is -0.304 e. The third-order valence-electron chi connectivity index (χ3n) is 2.31. The lowest BCUT2D eigenvalue weighted by molar-refractivity contribution is 0.551. The van der Waals surface area contributed by atoms with Crippen LogP contribution in [0.15, 0.2) is 0 Å². The van der Waals surface area contributed by atoms with Gasteiger partial charge in [-0.15, -0.1) is 0 Å². The van der Waals surface area contributed by atoms with E-state index in [4.69, 9.17) is 0 Å². The quantitative estimate of drug-likeness (QED) is 0.448. The standard InChI is InChI=1S/C9H20N2/c1-3-4-5-10-7-11-9-6-8(9)2/h8-11H,3-7H2,1-2H3. The van der Waals surface area contributed by atoms with Gasteiger partial charge in [-0.1, -0.05) is 20.3 Å². The fourth-order valence-corrected chi connectivity index (χ4v) is 1.20. The summed E-state index contributed by atoms with van der Waals surface area (Å²) in [5.41, 5.74) is 0. The first-order valence-corrected chi connectivity index (χ1v) is 4.78. The third kappa shape index (κ3) is 3.73. The van der Waals surface area contributed by atoms with Crippen LogP contribution in [-0.4, -0.2) is 19.3 Å². The Morgan fingerprint density at radius 2 is 2.18 bits per heavy atom. The number of hydrogen-bond donors (Lipinski definition) is 2. The van der Waals surface area contributed by atoms with Gasteiger partial charge < -0.3 is 10.6 Å². The number of hydrogen-bond acceptors (Lipinski definition) is 2. The van der Waals surface area contributed by atoms with Crippen molar-refractivity contribution in [2.75, 3.05) is 13.2 Å². The Morgan fingerprint density at radius 1 is 1.45 bits per heavy atom. The predicted octanol–water partition coefficient (Wildman–Crippen LogP) is 1.33. The monoisotopic (exact) mass is 156 g/mol. The van der Waals surface area contributed by atoms with Gasteiger partial charge in [0, 0.05) is 12.7 Å². The molecule has 0 amide bonds. The Bertz CT molecular complexity index is 104. The number of rotatable bonds is 6. The molecule has 2 nitrogen and oxygen atoms in total. The average Bonchev–Trinajstić information content (AvgIpc) is 2.67. The largest absolute Gasteiger partial charge is 0.304 e. The molecule has 0 aromatic heterocycles. The summed E-state index contributed by atoms with van der Waals surface area (Å²) in [5.74, 6) is 0.919. The Morgan fingerprint density at radius 3 is 2.73 bits per heavy atom. The van der Waals surface area contributed by atoms with Gasteiger partial charge in [-0.2, -0.15) is 0 Å². The minimum atomic E-state index is 0.809. The first-order valence-electron chi connectivity index (χ1n) is 4.78. The van der Waals surface area contributed by atoms with Crippen molar-refractivity contribution < 1.29 is 0 Å². The second-order valence-corrected chi connectivity index (χ2v) is 3.55. The molecule has 0 aromatic carbocycles. The maximum absolute atomic E-state index is 3.45. The Balaban J connectivity index is 1.74. The van der Waals surface area contributed by atoms with Crippen LogP contribution in [0.3, 0.4) is 0 Å². The van der Waals surface area contributed by atoms with Gasteiger partial charge in [-0.25, -0.2) is 0 Å². The van der Waals surface area contributed by atoms with Gasteiger partial charge in [0.15, 0.2) is 0 Å². The van der Waals surface area contributed by atoms with Gasteiger partial charge in [0.1, 0.15) is 0 Å². The lowest BCUT2D eigenvalue weighted by atomic mass is 10.3. The summed E-state index contributed by atoms with van der Waals surface area (Å²) in [5, 5.41) is 6.82. The number of nitrogens with one attached hydrogen (secondary N) is 2. The molecule has 0 heterocycles. The Labute approximate surface area is 69.8 Å². The van der Waals surface area contributed by atoms with Crippen molar-refractivity contribution >= 4 is 0 Å². The summed E-state index contributed by atoms with van der Waals surface area (Å²) < 4.78 is 0. The van der Waals surface area contributed by atoms with Crippen molar-refractivity contribution in [3.05, 3.63) is 0 Å². The summed E-state index contributed by atoms with van der Waals surface area (Å²) in [6.07, 6.45) is 3.95. The molecule has 0 spiro atoms. The van der Waals surface area contributed by atoms with E-state index in [0.29, 0.717) is 0 Å². The summed E-state index contributed by atoms with van der Waals surface area (Å²) in [6.45, 7) is 6.67. The van der Waals surface area contributed by atoms with Crippen LogP contribution in [0.4, 0.5) is 0 Å². The molecule has 1 saturated carbocycles. The van der Waals surface area contributed by atoms with Crippen molar-refractivity contribution in [1.82, 2.24) is 10.6 Å². The van der Waals surface area contributed by atoms with Crippen LogP contribution in [-0.2, 0) is 0 Å². The topological polar surface area (TPSA) is 24.1 Å². The normalized spacial score (nSPS) is 28.9. The summed E-state index contributed by atoms with van der Waals surface area (Å²) in [7, 11) is 0. The molecule has 1 aliphatic carbocycles. The van der Waals surface area contributed by atoms with Crippen LogP contribution in [0.5, 0.6) is 0 Å². The second kappa shape index (κ2) is 4.73. The van der Waals surface area contributed by atoms with Crippen molar-refractivity contribution in [3.8, 4) is 0 Å². The third-order valence-corrected chi connectivity index (χ3v) is 2.31. The van der Waals surface area contributed by atoms with Crippen LogP contribution in [0, 0.1) is 5.92 Å². The van der Waals surface area contributed by atoms with Crippen molar-refractivity contribution in [2.45, 2.75) is 39.2 Å². The zero-order valence-electron chi connectivity index (χ0n) is 7.69. The molecule has 2 heteroatoms. The van der Waals surface area contributed by atoms with Crippen molar-refractivity contribution in [3.63, 3.8) is 0 Å². The fourth-order valence-electron chi connectivity index (χ4n) is 1.20. The molecule has 0 saturated heterocycles. The maximum atomic E-state index is 3.45. The molecular formula is C9H20N2. The number of unbranched alkanes of at least 4 members (excludes halogenated alkanes) is 1. The average molecular weight is 156 g/mol. The first kappa shape index (κ1) is 9.01. The molecular weight excluding hydrogens is 136 g/mol. The van der Waals surface area contributed by atoms with E-state index in [9.17, 15) is 0 Å². The molecule has 66 valence electrons. The van der Waals surface area contributed by atoms with Gasteiger partial charge in [0.2, 0.25) is 0 Å². The Kier molecular flexibility index (Phi) is 3.87. The summed E-state index contributed by atoms with van der Waals surface area (Å²) in [4.78, 5) is 0. The molecule has 11 heavy (non-hydrogen) atoms. The van der Waals surface area contributed by atoms with Gasteiger partial charge in [0.25, 0.3) is 0 Å². The van der Waals surface area contributed by atoms with E-state index in [1.807, 2.05) is 0 Å². The van der Waals surface area contributed by atoms with E-state index in [2.05, 4.69) is 24.5 Å². The molecule has 0 aliphatic heterocycles. The molecule has 0 aromatic rings. The Hall–Kier alpha value is -0.0800. The van der Waals surface area contributed by atoms with Crippen LogP contribution >= 0.6 is 0 Å². The maximum Gasteiger partial charge on any atom is 0.0456 e. The molecule has 1 aliphatic rings. The van der Waals surface area contributed by atoms with Crippen molar-refractivity contribution in [2.24, 2.45) is 5.92 Å². The van der Waals surface area contributed by atoms with Crippen LogP contribution in [0.1, 0.15) is 33.1 Å². The van der Waals surface area contributed by atoms with Gasteiger partial charge >= 0.3 is 0 Å². The highest BCUT2D eigenvalue weighted by Gasteiger charge is 2.31. The summed E-state index contributed by atoms with van der Waals surface area (Å²) >= 11 is 0. The van der Waals surface area contributed by atoms with E-state index >= 15 is 0 Å². The van der Waals surface area contributed by atoms with Gasteiger partial charge in [0.05, 0.1) is 0 Å². The molecule has 1 rings (SSSR count). The van der Waals surface area contributed by atoms with Crippen LogP contribution in [0.25, 0.3) is 0 Å². The van der Waals surface area contributed by atoms with E-state index < -0.39 is 0 Å². The lowest BCUT2D eigenvalue weighted by Crippen LogP contribution is -2.31. The highest BCUT2D eigenvalue weighted by atomic mass is 15.1.